The summed E-state index contributed by atoms with van der Waals surface area (Å²) in [6.07, 6.45) is -3.77. The number of likely N-dealkylation sites (tertiary alicyclic amines) is 1. The first-order valence-corrected chi connectivity index (χ1v) is 7.34. The van der Waals surface area contributed by atoms with Crippen LogP contribution in [0.1, 0.15) is 23.2 Å². The summed E-state index contributed by atoms with van der Waals surface area (Å²) in [5.74, 6) is -0.103. The Bertz CT molecular complexity index is 733. The predicted octanol–water partition coefficient (Wildman–Crippen LogP) is 2.00. The van der Waals surface area contributed by atoms with Crippen molar-refractivity contribution in [2.24, 2.45) is 0 Å². The van der Waals surface area contributed by atoms with Crippen molar-refractivity contribution >= 4 is 5.91 Å². The zero-order valence-electron chi connectivity index (χ0n) is 12.5. The molecule has 0 bridgehead atoms. The fourth-order valence-electron chi connectivity index (χ4n) is 2.77. The molecule has 1 aromatic heterocycles. The van der Waals surface area contributed by atoms with Crippen molar-refractivity contribution in [3.8, 4) is 11.4 Å². The molecule has 1 aromatic carbocycles. The van der Waals surface area contributed by atoms with Crippen molar-refractivity contribution < 1.29 is 23.1 Å². The number of aromatic nitrogens is 3. The van der Waals surface area contributed by atoms with Crippen molar-refractivity contribution in [3.05, 3.63) is 36.2 Å². The van der Waals surface area contributed by atoms with Gasteiger partial charge in [-0.15, -0.1) is 0 Å². The molecule has 1 fully saturated rings. The molecule has 1 aliphatic rings. The lowest BCUT2D eigenvalue weighted by Crippen LogP contribution is -2.58. The number of piperidine rings is 1. The molecule has 0 spiro atoms. The zero-order chi connectivity index (χ0) is 17.4. The van der Waals surface area contributed by atoms with Crippen molar-refractivity contribution in [2.75, 3.05) is 13.1 Å². The number of halogens is 3. The molecule has 0 aliphatic carbocycles. The second-order valence-electron chi connectivity index (χ2n) is 5.77. The van der Waals surface area contributed by atoms with Gasteiger partial charge in [0.05, 0.1) is 6.54 Å². The van der Waals surface area contributed by atoms with Crippen molar-refractivity contribution in [1.29, 1.82) is 0 Å². The largest absolute Gasteiger partial charge is 0.418 e. The molecule has 3 rings (SSSR count). The van der Waals surface area contributed by atoms with Crippen molar-refractivity contribution in [2.45, 2.75) is 24.6 Å². The molecule has 2 heterocycles. The Morgan fingerprint density at radius 2 is 2.17 bits per heavy atom. The van der Waals surface area contributed by atoms with Crippen LogP contribution in [0, 0.1) is 0 Å². The topological polar surface area (TPSA) is 82.1 Å². The van der Waals surface area contributed by atoms with Crippen LogP contribution >= 0.6 is 0 Å². The quantitative estimate of drug-likeness (QED) is 0.876. The van der Waals surface area contributed by atoms with Crippen LogP contribution in [0.5, 0.6) is 0 Å². The van der Waals surface area contributed by atoms with Gasteiger partial charge in [-0.3, -0.25) is 9.89 Å². The highest BCUT2D eigenvalue weighted by molar-refractivity contribution is 5.95. The highest BCUT2D eigenvalue weighted by Crippen LogP contribution is 2.37. The number of H-pyrrole nitrogens is 1. The van der Waals surface area contributed by atoms with Crippen molar-refractivity contribution in [3.63, 3.8) is 0 Å². The Morgan fingerprint density at radius 1 is 1.38 bits per heavy atom. The van der Waals surface area contributed by atoms with Crippen LogP contribution in [0.2, 0.25) is 0 Å². The van der Waals surface area contributed by atoms with E-state index < -0.39 is 30.7 Å². The molecule has 2 aromatic rings. The minimum absolute atomic E-state index is 0.0868. The number of hydrogen-bond donors (Lipinski definition) is 2. The summed E-state index contributed by atoms with van der Waals surface area (Å²) in [6, 6.07) is 6.37. The van der Waals surface area contributed by atoms with E-state index >= 15 is 0 Å². The van der Waals surface area contributed by atoms with E-state index in [0.29, 0.717) is 11.4 Å². The first-order valence-electron chi connectivity index (χ1n) is 7.34. The Kier molecular flexibility index (Phi) is 4.04. The molecule has 1 saturated heterocycles. The monoisotopic (exact) mass is 340 g/mol. The van der Waals surface area contributed by atoms with Crippen LogP contribution in [-0.4, -0.2) is 56.0 Å². The Balaban J connectivity index is 1.83. The number of nitrogens with zero attached hydrogens (tertiary/aromatic N) is 3. The number of rotatable bonds is 2. The standard InChI is InChI=1S/C15H15F3N4O2/c16-15(17,18)14(24)5-2-6-22(8-14)13(23)11-4-1-3-10(7-11)12-19-9-20-21-12/h1,3-4,7,9,24H,2,5-6,8H2,(H,19,20,21)/t14-/m0/s1. The van der Waals surface area contributed by atoms with E-state index in [2.05, 4.69) is 15.2 Å². The van der Waals surface area contributed by atoms with Gasteiger partial charge in [0.25, 0.3) is 5.91 Å². The number of carbonyl (C=O) groups excluding carboxylic acids is 1. The van der Waals surface area contributed by atoms with Crippen LogP contribution in [0.25, 0.3) is 11.4 Å². The molecule has 6 nitrogen and oxygen atoms in total. The van der Waals surface area contributed by atoms with Gasteiger partial charge in [0, 0.05) is 17.7 Å². The number of carbonyl (C=O) groups is 1. The minimum atomic E-state index is -4.77. The predicted molar refractivity (Wildman–Crippen MR) is 78.0 cm³/mol. The number of aliphatic hydroxyl groups is 1. The highest BCUT2D eigenvalue weighted by Gasteiger charge is 2.55. The summed E-state index contributed by atoms with van der Waals surface area (Å²) >= 11 is 0. The lowest BCUT2D eigenvalue weighted by molar-refractivity contribution is -0.271. The molecule has 24 heavy (non-hydrogen) atoms. The van der Waals surface area contributed by atoms with Gasteiger partial charge in [0.1, 0.15) is 6.33 Å². The molecule has 1 amide bonds. The van der Waals surface area contributed by atoms with Crippen molar-refractivity contribution in [1.82, 2.24) is 20.1 Å². The van der Waals surface area contributed by atoms with Gasteiger partial charge in [-0.2, -0.15) is 18.3 Å². The summed E-state index contributed by atoms with van der Waals surface area (Å²) in [5.41, 5.74) is -2.03. The molecule has 1 aliphatic heterocycles. The van der Waals surface area contributed by atoms with E-state index in [4.69, 9.17) is 0 Å². The summed E-state index contributed by atoms with van der Waals surface area (Å²) in [5, 5.41) is 16.2. The third-order valence-electron chi connectivity index (χ3n) is 4.08. The number of amides is 1. The molecule has 0 saturated carbocycles. The third-order valence-corrected chi connectivity index (χ3v) is 4.08. The molecular formula is C15H15F3N4O2. The molecule has 0 radical (unpaired) electrons. The average Bonchev–Trinajstić information content (AvgIpc) is 3.08. The van der Waals surface area contributed by atoms with Gasteiger partial charge < -0.3 is 10.0 Å². The van der Waals surface area contributed by atoms with Crippen LogP contribution in [0.3, 0.4) is 0 Å². The van der Waals surface area contributed by atoms with E-state index in [0.717, 1.165) is 4.90 Å². The number of nitrogens with one attached hydrogen (secondary N) is 1. The number of hydrogen-bond acceptors (Lipinski definition) is 4. The maximum Gasteiger partial charge on any atom is 0.418 e. The lowest BCUT2D eigenvalue weighted by atomic mass is 9.91. The van der Waals surface area contributed by atoms with Gasteiger partial charge in [-0.05, 0) is 25.0 Å². The average molecular weight is 340 g/mol. The summed E-state index contributed by atoms with van der Waals surface area (Å²) in [4.78, 5) is 17.6. The van der Waals surface area contributed by atoms with Crippen LogP contribution < -0.4 is 0 Å². The molecular weight excluding hydrogens is 325 g/mol. The maximum absolute atomic E-state index is 13.0. The second-order valence-corrected chi connectivity index (χ2v) is 5.77. The molecule has 1 atom stereocenters. The Hall–Kier alpha value is -2.42. The molecule has 0 unspecified atom stereocenters. The Labute approximate surface area is 135 Å². The highest BCUT2D eigenvalue weighted by atomic mass is 19.4. The molecule has 9 heteroatoms. The lowest BCUT2D eigenvalue weighted by Gasteiger charge is -2.40. The van der Waals surface area contributed by atoms with Crippen LogP contribution in [0.15, 0.2) is 30.6 Å². The van der Waals surface area contributed by atoms with Gasteiger partial charge in [0.2, 0.25) is 0 Å². The maximum atomic E-state index is 13.0. The van der Waals surface area contributed by atoms with Gasteiger partial charge >= 0.3 is 6.18 Å². The number of benzene rings is 1. The van der Waals surface area contributed by atoms with Gasteiger partial charge in [0.15, 0.2) is 11.4 Å². The van der Waals surface area contributed by atoms with E-state index in [9.17, 15) is 23.1 Å². The number of aromatic amines is 1. The van der Waals surface area contributed by atoms with Crippen LogP contribution in [0.4, 0.5) is 13.2 Å². The van der Waals surface area contributed by atoms with Crippen LogP contribution in [-0.2, 0) is 0 Å². The summed E-state index contributed by atoms with van der Waals surface area (Å²) in [7, 11) is 0. The minimum Gasteiger partial charge on any atom is -0.379 e. The smallest absolute Gasteiger partial charge is 0.379 e. The third kappa shape index (κ3) is 2.99. The SMILES string of the molecule is O=C(c1cccc(-c2ncn[nH]2)c1)N1CCC[C@@](O)(C(F)(F)F)C1. The summed E-state index contributed by atoms with van der Waals surface area (Å²) in [6.45, 7) is -0.592. The van der Waals surface area contributed by atoms with E-state index in [1.54, 1.807) is 12.1 Å². The van der Waals surface area contributed by atoms with Gasteiger partial charge in [-0.1, -0.05) is 12.1 Å². The fourth-order valence-corrected chi connectivity index (χ4v) is 2.77. The normalized spacial score (nSPS) is 21.8. The summed E-state index contributed by atoms with van der Waals surface area (Å²) < 4.78 is 39.0. The first-order chi connectivity index (χ1) is 11.3. The fraction of sp³-hybridized carbons (Fsp3) is 0.400. The number of alkyl halides is 3. The van der Waals surface area contributed by atoms with E-state index in [-0.39, 0.29) is 18.5 Å². The molecule has 2 N–H and O–H groups in total. The zero-order valence-corrected chi connectivity index (χ0v) is 12.5. The van der Waals surface area contributed by atoms with Gasteiger partial charge in [-0.25, -0.2) is 4.98 Å². The number of β-amino-alcohol motifs (C(OH)–C–C–N with tert-alkyl or cyclic N) is 1. The molecule has 128 valence electrons. The second kappa shape index (κ2) is 5.90. The Morgan fingerprint density at radius 3 is 2.83 bits per heavy atom. The van der Waals surface area contributed by atoms with E-state index in [1.807, 2.05) is 0 Å². The first kappa shape index (κ1) is 16.4. The van der Waals surface area contributed by atoms with E-state index in [1.165, 1.54) is 18.5 Å².